The fraction of sp³-hybridized carbons (Fsp3) is 0.333. The second-order valence-electron chi connectivity index (χ2n) is 3.47. The van der Waals surface area contributed by atoms with Crippen molar-refractivity contribution in [2.45, 2.75) is 6.42 Å². The molecule has 1 aliphatic rings. The first-order valence-corrected chi connectivity index (χ1v) is 5.18. The molecule has 1 N–H and O–H groups in total. The predicted octanol–water partition coefficient (Wildman–Crippen LogP) is 1.50. The van der Waals surface area contributed by atoms with E-state index in [1.807, 2.05) is 25.2 Å². The zero-order valence-electron chi connectivity index (χ0n) is 8.90. The van der Waals surface area contributed by atoms with Crippen molar-refractivity contribution in [2.24, 2.45) is 9.98 Å². The van der Waals surface area contributed by atoms with Crippen molar-refractivity contribution >= 4 is 11.5 Å². The summed E-state index contributed by atoms with van der Waals surface area (Å²) in [4.78, 5) is 8.77. The standard InChI is InChI=1S/C12H15N3/c1-13-12-9-11(14-7-8-15-12)10-5-3-2-4-6-10/h2-6H,7-9H2,1H3,(H,13,15). The first-order chi connectivity index (χ1) is 7.40. The molecule has 15 heavy (non-hydrogen) atoms. The van der Waals surface area contributed by atoms with Gasteiger partial charge in [-0.1, -0.05) is 30.3 Å². The Bertz CT molecular complexity index is 379. The van der Waals surface area contributed by atoms with Gasteiger partial charge in [0.05, 0.1) is 6.54 Å². The molecule has 78 valence electrons. The van der Waals surface area contributed by atoms with Gasteiger partial charge in [0.15, 0.2) is 0 Å². The van der Waals surface area contributed by atoms with E-state index in [-0.39, 0.29) is 0 Å². The molecular weight excluding hydrogens is 186 g/mol. The van der Waals surface area contributed by atoms with Crippen molar-refractivity contribution in [2.75, 3.05) is 20.1 Å². The van der Waals surface area contributed by atoms with Crippen LogP contribution in [0.15, 0.2) is 40.3 Å². The van der Waals surface area contributed by atoms with Gasteiger partial charge >= 0.3 is 0 Å². The molecular formula is C12H15N3. The molecule has 1 aromatic carbocycles. The van der Waals surface area contributed by atoms with E-state index in [0.717, 1.165) is 31.1 Å². The third-order valence-electron chi connectivity index (χ3n) is 2.46. The maximum atomic E-state index is 4.56. The Balaban J connectivity index is 2.25. The highest BCUT2D eigenvalue weighted by molar-refractivity contribution is 6.12. The second kappa shape index (κ2) is 4.73. The summed E-state index contributed by atoms with van der Waals surface area (Å²) in [6.07, 6.45) is 0.806. The Kier molecular flexibility index (Phi) is 3.12. The summed E-state index contributed by atoms with van der Waals surface area (Å²) < 4.78 is 0. The Hall–Kier alpha value is -1.64. The highest BCUT2D eigenvalue weighted by Crippen LogP contribution is 2.06. The van der Waals surface area contributed by atoms with E-state index in [1.54, 1.807) is 0 Å². The average molecular weight is 201 g/mol. The van der Waals surface area contributed by atoms with Crippen LogP contribution in [0.4, 0.5) is 0 Å². The van der Waals surface area contributed by atoms with Crippen molar-refractivity contribution < 1.29 is 0 Å². The van der Waals surface area contributed by atoms with Crippen LogP contribution in [-0.2, 0) is 0 Å². The Morgan fingerprint density at radius 1 is 1.27 bits per heavy atom. The van der Waals surface area contributed by atoms with Crippen LogP contribution in [0.1, 0.15) is 12.0 Å². The van der Waals surface area contributed by atoms with Crippen molar-refractivity contribution in [3.8, 4) is 0 Å². The smallest absolute Gasteiger partial charge is 0.102 e. The highest BCUT2D eigenvalue weighted by atomic mass is 15.0. The molecule has 0 aliphatic carbocycles. The van der Waals surface area contributed by atoms with Gasteiger partial charge in [0, 0.05) is 25.7 Å². The fourth-order valence-corrected chi connectivity index (χ4v) is 1.65. The minimum Gasteiger partial charge on any atom is -0.372 e. The van der Waals surface area contributed by atoms with Crippen LogP contribution >= 0.6 is 0 Å². The van der Waals surface area contributed by atoms with E-state index < -0.39 is 0 Å². The lowest BCUT2D eigenvalue weighted by Crippen LogP contribution is -2.25. The minimum absolute atomic E-state index is 0.806. The Labute approximate surface area is 90.0 Å². The maximum absolute atomic E-state index is 4.56. The molecule has 0 radical (unpaired) electrons. The van der Waals surface area contributed by atoms with Crippen molar-refractivity contribution in [3.63, 3.8) is 0 Å². The summed E-state index contributed by atoms with van der Waals surface area (Å²) in [6.45, 7) is 1.70. The fourth-order valence-electron chi connectivity index (χ4n) is 1.65. The van der Waals surface area contributed by atoms with Gasteiger partial charge in [-0.05, 0) is 5.56 Å². The SMILES string of the molecule is CN=C1CC(c2ccccc2)=NCCN1. The number of aliphatic imine (C=N–C) groups is 2. The molecule has 0 aromatic heterocycles. The van der Waals surface area contributed by atoms with E-state index >= 15 is 0 Å². The highest BCUT2D eigenvalue weighted by Gasteiger charge is 2.09. The molecule has 0 bridgehead atoms. The molecule has 1 heterocycles. The number of nitrogens with one attached hydrogen (secondary N) is 1. The van der Waals surface area contributed by atoms with Crippen LogP contribution < -0.4 is 5.32 Å². The van der Waals surface area contributed by atoms with E-state index in [0.29, 0.717) is 0 Å². The normalized spacial score (nSPS) is 19.3. The number of benzene rings is 1. The molecule has 0 saturated heterocycles. The molecule has 0 fully saturated rings. The van der Waals surface area contributed by atoms with E-state index in [9.17, 15) is 0 Å². The van der Waals surface area contributed by atoms with Gasteiger partial charge in [-0.15, -0.1) is 0 Å². The molecule has 0 unspecified atom stereocenters. The largest absolute Gasteiger partial charge is 0.372 e. The average Bonchev–Trinajstić information content (AvgIpc) is 2.55. The van der Waals surface area contributed by atoms with Gasteiger partial charge in [0.2, 0.25) is 0 Å². The molecule has 0 atom stereocenters. The second-order valence-corrected chi connectivity index (χ2v) is 3.47. The van der Waals surface area contributed by atoms with Crippen LogP contribution in [0.3, 0.4) is 0 Å². The van der Waals surface area contributed by atoms with Gasteiger partial charge in [0.25, 0.3) is 0 Å². The molecule has 0 amide bonds. The van der Waals surface area contributed by atoms with Crippen LogP contribution in [0.25, 0.3) is 0 Å². The number of rotatable bonds is 1. The Morgan fingerprint density at radius 3 is 2.80 bits per heavy atom. The first-order valence-electron chi connectivity index (χ1n) is 5.18. The van der Waals surface area contributed by atoms with E-state index in [4.69, 9.17) is 0 Å². The van der Waals surface area contributed by atoms with Crippen molar-refractivity contribution in [1.29, 1.82) is 0 Å². The summed E-state index contributed by atoms with van der Waals surface area (Å²) in [5.74, 6) is 1.02. The Morgan fingerprint density at radius 2 is 2.07 bits per heavy atom. The molecule has 3 heteroatoms. The van der Waals surface area contributed by atoms with Crippen molar-refractivity contribution in [3.05, 3.63) is 35.9 Å². The number of hydrogen-bond acceptors (Lipinski definition) is 2. The summed E-state index contributed by atoms with van der Waals surface area (Å²) >= 11 is 0. The number of hydrogen-bond donors (Lipinski definition) is 1. The topological polar surface area (TPSA) is 36.8 Å². The van der Waals surface area contributed by atoms with Crippen molar-refractivity contribution in [1.82, 2.24) is 5.32 Å². The third kappa shape index (κ3) is 2.43. The zero-order valence-corrected chi connectivity index (χ0v) is 8.90. The molecule has 1 aromatic rings. The van der Waals surface area contributed by atoms with Crippen LogP contribution in [0, 0.1) is 0 Å². The molecule has 3 nitrogen and oxygen atoms in total. The number of nitrogens with zero attached hydrogens (tertiary/aromatic N) is 2. The predicted molar refractivity (Wildman–Crippen MR) is 63.8 cm³/mol. The van der Waals surface area contributed by atoms with E-state index in [1.165, 1.54) is 5.56 Å². The quantitative estimate of drug-likeness (QED) is 0.734. The summed E-state index contributed by atoms with van der Waals surface area (Å²) in [6, 6.07) is 10.3. The molecule has 0 saturated carbocycles. The lowest BCUT2D eigenvalue weighted by Gasteiger charge is -2.05. The van der Waals surface area contributed by atoms with Gasteiger partial charge in [0.1, 0.15) is 5.84 Å². The summed E-state index contributed by atoms with van der Waals surface area (Å²) in [5.41, 5.74) is 2.32. The van der Waals surface area contributed by atoms with Gasteiger partial charge in [-0.2, -0.15) is 0 Å². The molecule has 1 aliphatic heterocycles. The van der Waals surface area contributed by atoms with Crippen LogP contribution in [0.2, 0.25) is 0 Å². The van der Waals surface area contributed by atoms with Gasteiger partial charge in [-0.3, -0.25) is 9.98 Å². The van der Waals surface area contributed by atoms with Gasteiger partial charge < -0.3 is 5.32 Å². The van der Waals surface area contributed by atoms with Gasteiger partial charge in [-0.25, -0.2) is 0 Å². The minimum atomic E-state index is 0.806. The third-order valence-corrected chi connectivity index (χ3v) is 2.46. The summed E-state index contributed by atoms with van der Waals surface area (Å²) in [5, 5.41) is 3.27. The van der Waals surface area contributed by atoms with Crippen LogP contribution in [-0.4, -0.2) is 31.7 Å². The molecule has 0 spiro atoms. The first kappa shape index (κ1) is 9.90. The maximum Gasteiger partial charge on any atom is 0.102 e. The lowest BCUT2D eigenvalue weighted by molar-refractivity contribution is 0.883. The summed E-state index contributed by atoms with van der Waals surface area (Å²) in [7, 11) is 1.82. The van der Waals surface area contributed by atoms with Crippen LogP contribution in [0.5, 0.6) is 0 Å². The van der Waals surface area contributed by atoms with E-state index in [2.05, 4.69) is 27.4 Å². The number of amidine groups is 1. The molecule has 2 rings (SSSR count). The zero-order chi connectivity index (χ0) is 10.5. The lowest BCUT2D eigenvalue weighted by atomic mass is 10.1. The monoisotopic (exact) mass is 201 g/mol.